The van der Waals surface area contributed by atoms with Crippen LogP contribution in [0.3, 0.4) is 0 Å². The van der Waals surface area contributed by atoms with E-state index in [0.29, 0.717) is 0 Å². The summed E-state index contributed by atoms with van der Waals surface area (Å²) in [5.74, 6) is 0. The molecule has 1 heterocycles. The number of fused-ring (bicyclic) bond motifs is 1. The maximum atomic E-state index is 4.25. The van der Waals surface area contributed by atoms with Gasteiger partial charge in [-0.15, -0.1) is 10.2 Å². The number of benzene rings is 2. The summed E-state index contributed by atoms with van der Waals surface area (Å²) in [5.41, 5.74) is 1.13. The molecule has 19 heavy (non-hydrogen) atoms. The van der Waals surface area contributed by atoms with Crippen molar-refractivity contribution in [3.05, 3.63) is 42.5 Å². The summed E-state index contributed by atoms with van der Waals surface area (Å²) in [4.78, 5) is 0. The van der Waals surface area contributed by atoms with Gasteiger partial charge in [0, 0.05) is 12.1 Å². The van der Waals surface area contributed by atoms with Crippen LogP contribution in [0.5, 0.6) is 0 Å². The number of nitrogens with one attached hydrogen (secondary N) is 1. The highest BCUT2D eigenvalue weighted by Gasteiger charge is 2.06. The predicted octanol–water partition coefficient (Wildman–Crippen LogP) is 4.18. The van der Waals surface area contributed by atoms with Crippen LogP contribution >= 0.6 is 11.3 Å². The number of hydrogen-bond acceptors (Lipinski definition) is 4. The van der Waals surface area contributed by atoms with Gasteiger partial charge >= 0.3 is 0 Å². The summed E-state index contributed by atoms with van der Waals surface area (Å²) >= 11 is 1.60. The van der Waals surface area contributed by atoms with Gasteiger partial charge in [0.1, 0.15) is 5.01 Å². The molecule has 0 spiro atoms. The fourth-order valence-electron chi connectivity index (χ4n) is 1.97. The van der Waals surface area contributed by atoms with E-state index in [1.165, 1.54) is 10.8 Å². The lowest BCUT2D eigenvalue weighted by atomic mass is 10.1. The molecule has 0 amide bonds. The molecule has 0 saturated carbocycles. The maximum Gasteiger partial charge on any atom is 0.206 e. The Labute approximate surface area is 116 Å². The molecule has 4 heteroatoms. The van der Waals surface area contributed by atoms with Crippen LogP contribution in [-0.2, 0) is 0 Å². The lowest BCUT2D eigenvalue weighted by Crippen LogP contribution is -1.98. The quantitative estimate of drug-likeness (QED) is 0.772. The van der Waals surface area contributed by atoms with Gasteiger partial charge in [0.15, 0.2) is 0 Å². The van der Waals surface area contributed by atoms with Crippen molar-refractivity contribution in [2.24, 2.45) is 0 Å². The van der Waals surface area contributed by atoms with Crippen molar-refractivity contribution >= 4 is 27.2 Å². The molecule has 3 nitrogen and oxygen atoms in total. The molecule has 0 fully saturated rings. The lowest BCUT2D eigenvalue weighted by molar-refractivity contribution is 0.964. The minimum absolute atomic E-state index is 0.894. The van der Waals surface area contributed by atoms with Crippen LogP contribution in [0.2, 0.25) is 0 Å². The normalized spacial score (nSPS) is 10.8. The second kappa shape index (κ2) is 5.36. The van der Waals surface area contributed by atoms with Crippen molar-refractivity contribution in [3.63, 3.8) is 0 Å². The number of nitrogens with zero attached hydrogens (tertiary/aromatic N) is 2. The van der Waals surface area contributed by atoms with Crippen molar-refractivity contribution < 1.29 is 0 Å². The molecule has 96 valence electrons. The van der Waals surface area contributed by atoms with Gasteiger partial charge in [-0.25, -0.2) is 0 Å². The molecule has 3 aromatic rings. The Hall–Kier alpha value is -1.94. The first-order chi connectivity index (χ1) is 9.36. The zero-order valence-electron chi connectivity index (χ0n) is 10.8. The summed E-state index contributed by atoms with van der Waals surface area (Å²) in [5, 5.41) is 16.0. The predicted molar refractivity (Wildman–Crippen MR) is 81.6 cm³/mol. The van der Waals surface area contributed by atoms with Crippen LogP contribution in [0.15, 0.2) is 42.5 Å². The van der Waals surface area contributed by atoms with Crippen LogP contribution in [0.25, 0.3) is 21.3 Å². The number of aromatic nitrogens is 2. The number of hydrogen-bond donors (Lipinski definition) is 1. The van der Waals surface area contributed by atoms with E-state index in [0.717, 1.165) is 28.7 Å². The zero-order chi connectivity index (χ0) is 13.1. The third kappa shape index (κ3) is 2.58. The van der Waals surface area contributed by atoms with Gasteiger partial charge < -0.3 is 5.32 Å². The first kappa shape index (κ1) is 12.1. The van der Waals surface area contributed by atoms with Gasteiger partial charge in [-0.3, -0.25) is 0 Å². The van der Waals surface area contributed by atoms with Crippen molar-refractivity contribution in [1.82, 2.24) is 10.2 Å². The molecule has 0 unspecified atom stereocenters. The average Bonchev–Trinajstić information content (AvgIpc) is 2.93. The molecule has 2 aromatic carbocycles. The molecule has 0 atom stereocenters. The smallest absolute Gasteiger partial charge is 0.206 e. The van der Waals surface area contributed by atoms with Crippen molar-refractivity contribution in [2.75, 3.05) is 11.9 Å². The Kier molecular flexibility index (Phi) is 3.42. The van der Waals surface area contributed by atoms with Crippen LogP contribution in [0.4, 0.5) is 5.13 Å². The molecule has 0 bridgehead atoms. The molecule has 0 radical (unpaired) electrons. The van der Waals surface area contributed by atoms with Crippen LogP contribution in [0.1, 0.15) is 13.3 Å². The van der Waals surface area contributed by atoms with Gasteiger partial charge in [0.25, 0.3) is 0 Å². The van der Waals surface area contributed by atoms with E-state index in [2.05, 4.69) is 64.9 Å². The molecule has 3 rings (SSSR count). The van der Waals surface area contributed by atoms with E-state index < -0.39 is 0 Å². The molecular weight excluding hydrogens is 254 g/mol. The number of anilines is 1. The van der Waals surface area contributed by atoms with Crippen LogP contribution in [0, 0.1) is 0 Å². The Balaban J connectivity index is 1.92. The maximum absolute atomic E-state index is 4.25. The van der Waals surface area contributed by atoms with Gasteiger partial charge in [0.05, 0.1) is 0 Å². The van der Waals surface area contributed by atoms with Gasteiger partial charge in [-0.1, -0.05) is 54.7 Å². The molecule has 0 aliphatic rings. The standard InChI is InChI=1S/C15H15N3S/c1-2-9-16-15-18-17-14(19-15)13-8-7-11-5-3-4-6-12(11)10-13/h3-8,10H,2,9H2,1H3,(H,16,18). The Morgan fingerprint density at radius 1 is 1.05 bits per heavy atom. The Bertz CT molecular complexity index is 690. The highest BCUT2D eigenvalue weighted by atomic mass is 32.1. The minimum atomic E-state index is 0.894. The zero-order valence-corrected chi connectivity index (χ0v) is 11.6. The molecule has 1 N–H and O–H groups in total. The Morgan fingerprint density at radius 2 is 1.89 bits per heavy atom. The van der Waals surface area contributed by atoms with E-state index in [-0.39, 0.29) is 0 Å². The molecule has 0 aliphatic carbocycles. The van der Waals surface area contributed by atoms with Crippen molar-refractivity contribution in [1.29, 1.82) is 0 Å². The third-order valence-electron chi connectivity index (χ3n) is 2.95. The van der Waals surface area contributed by atoms with Crippen molar-refractivity contribution in [2.45, 2.75) is 13.3 Å². The molecule has 0 aliphatic heterocycles. The van der Waals surface area contributed by atoms with Crippen molar-refractivity contribution in [3.8, 4) is 10.6 Å². The second-order valence-corrected chi connectivity index (χ2v) is 5.38. The van der Waals surface area contributed by atoms with E-state index >= 15 is 0 Å². The van der Waals surface area contributed by atoms with Gasteiger partial charge in [-0.05, 0) is 23.3 Å². The fraction of sp³-hybridized carbons (Fsp3) is 0.200. The molecule has 0 saturated heterocycles. The fourth-order valence-corrected chi connectivity index (χ4v) is 2.73. The number of rotatable bonds is 4. The Morgan fingerprint density at radius 3 is 2.74 bits per heavy atom. The van der Waals surface area contributed by atoms with E-state index in [4.69, 9.17) is 0 Å². The third-order valence-corrected chi connectivity index (χ3v) is 3.88. The van der Waals surface area contributed by atoms with Crippen LogP contribution in [-0.4, -0.2) is 16.7 Å². The van der Waals surface area contributed by atoms with E-state index in [9.17, 15) is 0 Å². The van der Waals surface area contributed by atoms with E-state index in [1.807, 2.05) is 0 Å². The summed E-state index contributed by atoms with van der Waals surface area (Å²) in [6.07, 6.45) is 1.09. The van der Waals surface area contributed by atoms with E-state index in [1.54, 1.807) is 11.3 Å². The first-order valence-corrected chi connectivity index (χ1v) is 7.25. The lowest BCUT2D eigenvalue weighted by Gasteiger charge is -2.00. The topological polar surface area (TPSA) is 37.8 Å². The van der Waals surface area contributed by atoms with Crippen LogP contribution < -0.4 is 5.32 Å². The summed E-state index contributed by atoms with van der Waals surface area (Å²) in [7, 11) is 0. The monoisotopic (exact) mass is 269 g/mol. The minimum Gasteiger partial charge on any atom is -0.360 e. The largest absolute Gasteiger partial charge is 0.360 e. The molecule has 1 aromatic heterocycles. The summed E-state index contributed by atoms with van der Waals surface area (Å²) in [6.45, 7) is 3.07. The first-order valence-electron chi connectivity index (χ1n) is 6.43. The molecular formula is C15H15N3S. The summed E-state index contributed by atoms with van der Waals surface area (Å²) in [6, 6.07) is 14.8. The highest BCUT2D eigenvalue weighted by molar-refractivity contribution is 7.18. The second-order valence-electron chi connectivity index (χ2n) is 4.40. The van der Waals surface area contributed by atoms with Gasteiger partial charge in [0.2, 0.25) is 5.13 Å². The van der Waals surface area contributed by atoms with Gasteiger partial charge in [-0.2, -0.15) is 0 Å². The summed E-state index contributed by atoms with van der Waals surface area (Å²) < 4.78 is 0. The average molecular weight is 269 g/mol. The highest BCUT2D eigenvalue weighted by Crippen LogP contribution is 2.28. The SMILES string of the molecule is CCCNc1nnc(-c2ccc3ccccc3c2)s1.